The minimum absolute atomic E-state index is 0.0296. The third kappa shape index (κ3) is 8.10. The molecule has 0 fully saturated rings. The van der Waals surface area contributed by atoms with Gasteiger partial charge in [0.05, 0.1) is 11.6 Å². The summed E-state index contributed by atoms with van der Waals surface area (Å²) < 4.78 is 4.85. The van der Waals surface area contributed by atoms with Crippen molar-refractivity contribution >= 4 is 18.5 Å². The molecule has 82 valence electrons. The molecule has 0 aliphatic carbocycles. The molecule has 2 N–H and O–H groups in total. The van der Waals surface area contributed by atoms with Gasteiger partial charge in [0.25, 0.3) is 0 Å². The van der Waals surface area contributed by atoms with Crippen molar-refractivity contribution in [2.24, 2.45) is 0 Å². The van der Waals surface area contributed by atoms with Crippen LogP contribution >= 0.6 is 12.6 Å². The van der Waals surface area contributed by atoms with E-state index in [1.807, 2.05) is 6.92 Å². The van der Waals surface area contributed by atoms with Crippen molar-refractivity contribution < 1.29 is 9.53 Å². The highest BCUT2D eigenvalue weighted by Crippen LogP contribution is 1.93. The Bertz CT molecular complexity index is 195. The second kappa shape index (κ2) is 9.05. The number of hydrogen-bond acceptors (Lipinski definition) is 4. The molecule has 0 saturated carbocycles. The van der Waals surface area contributed by atoms with Crippen LogP contribution in [0.15, 0.2) is 11.1 Å². The average Bonchev–Trinajstić information content (AvgIpc) is 2.17. The zero-order chi connectivity index (χ0) is 10.8. The maximum atomic E-state index is 11.2. The van der Waals surface area contributed by atoms with E-state index in [0.29, 0.717) is 24.6 Å². The molecule has 14 heavy (non-hydrogen) atoms. The molecule has 4 nitrogen and oxygen atoms in total. The topological polar surface area (TPSA) is 50.4 Å². The molecule has 0 heterocycles. The Morgan fingerprint density at radius 1 is 1.50 bits per heavy atom. The van der Waals surface area contributed by atoms with E-state index in [-0.39, 0.29) is 5.91 Å². The van der Waals surface area contributed by atoms with Crippen molar-refractivity contribution in [2.45, 2.75) is 13.3 Å². The molecule has 0 rings (SSSR count). The molecule has 0 aliphatic heterocycles. The summed E-state index contributed by atoms with van der Waals surface area (Å²) in [4.78, 5) is 11.2. The standard InChI is InChI=1S/C9H18N2O2S/c1-3-9(14)11-8(12)4-5-10-6-7-13-2/h3,10,14H,4-7H2,1-2H3,(H,11,12)/b9-3+. The molecule has 5 heteroatoms. The zero-order valence-electron chi connectivity index (χ0n) is 8.67. The van der Waals surface area contributed by atoms with Gasteiger partial charge in [0, 0.05) is 26.6 Å². The normalized spacial score (nSPS) is 11.5. The van der Waals surface area contributed by atoms with Crippen LogP contribution in [0.2, 0.25) is 0 Å². The van der Waals surface area contributed by atoms with Crippen molar-refractivity contribution in [3.05, 3.63) is 11.1 Å². The highest BCUT2D eigenvalue weighted by molar-refractivity contribution is 7.84. The van der Waals surface area contributed by atoms with Gasteiger partial charge in [-0.15, -0.1) is 12.6 Å². The van der Waals surface area contributed by atoms with Gasteiger partial charge in [-0.2, -0.15) is 0 Å². The molecular formula is C9H18N2O2S. The summed E-state index contributed by atoms with van der Waals surface area (Å²) in [6, 6.07) is 0. The number of carbonyl (C=O) groups is 1. The monoisotopic (exact) mass is 218 g/mol. The van der Waals surface area contributed by atoms with Crippen molar-refractivity contribution in [3.63, 3.8) is 0 Å². The number of rotatable bonds is 7. The second-order valence-corrected chi connectivity index (χ2v) is 3.20. The van der Waals surface area contributed by atoms with Crippen molar-refractivity contribution in [2.75, 3.05) is 26.8 Å². The highest BCUT2D eigenvalue weighted by atomic mass is 32.1. The van der Waals surface area contributed by atoms with Crippen LogP contribution in [0, 0.1) is 0 Å². The number of hydrogen-bond donors (Lipinski definition) is 3. The predicted octanol–water partition coefficient (Wildman–Crippen LogP) is 0.520. The van der Waals surface area contributed by atoms with Crippen LogP contribution in [0.25, 0.3) is 0 Å². The second-order valence-electron chi connectivity index (χ2n) is 2.71. The van der Waals surface area contributed by atoms with Crippen molar-refractivity contribution in [1.82, 2.24) is 10.6 Å². The van der Waals surface area contributed by atoms with Gasteiger partial charge < -0.3 is 15.4 Å². The molecule has 0 aromatic carbocycles. The van der Waals surface area contributed by atoms with E-state index in [0.717, 1.165) is 6.54 Å². The molecule has 0 spiro atoms. The maximum absolute atomic E-state index is 11.2. The van der Waals surface area contributed by atoms with Gasteiger partial charge in [-0.05, 0) is 6.92 Å². The quantitative estimate of drug-likeness (QED) is 0.431. The summed E-state index contributed by atoms with van der Waals surface area (Å²) in [5.74, 6) is -0.0296. The first-order valence-electron chi connectivity index (χ1n) is 4.55. The number of ether oxygens (including phenoxy) is 1. The summed E-state index contributed by atoms with van der Waals surface area (Å²) in [6.07, 6.45) is 2.18. The first-order valence-corrected chi connectivity index (χ1v) is 5.00. The molecule has 0 unspecified atom stereocenters. The van der Waals surface area contributed by atoms with E-state index in [1.165, 1.54) is 0 Å². The van der Waals surface area contributed by atoms with Gasteiger partial charge in [0.15, 0.2) is 0 Å². The molecular weight excluding hydrogens is 200 g/mol. The average molecular weight is 218 g/mol. The van der Waals surface area contributed by atoms with Gasteiger partial charge >= 0.3 is 0 Å². The SMILES string of the molecule is C/C=C(/S)NC(=O)CCNCCOC. The van der Waals surface area contributed by atoms with Gasteiger partial charge in [0.2, 0.25) is 5.91 Å². The number of allylic oxidation sites excluding steroid dienone is 1. The number of methoxy groups -OCH3 is 1. The molecule has 0 aromatic rings. The van der Waals surface area contributed by atoms with E-state index < -0.39 is 0 Å². The fraction of sp³-hybridized carbons (Fsp3) is 0.667. The van der Waals surface area contributed by atoms with Crippen LogP contribution in [-0.2, 0) is 9.53 Å². The van der Waals surface area contributed by atoms with Gasteiger partial charge in [-0.1, -0.05) is 6.08 Å². The highest BCUT2D eigenvalue weighted by Gasteiger charge is 2.00. The van der Waals surface area contributed by atoms with Crippen LogP contribution in [-0.4, -0.2) is 32.7 Å². The first kappa shape index (κ1) is 13.5. The molecule has 1 amide bonds. The lowest BCUT2D eigenvalue weighted by molar-refractivity contribution is -0.120. The zero-order valence-corrected chi connectivity index (χ0v) is 9.56. The Kier molecular flexibility index (Phi) is 8.72. The summed E-state index contributed by atoms with van der Waals surface area (Å²) in [5.41, 5.74) is 0. The molecule has 0 aliphatic rings. The van der Waals surface area contributed by atoms with Gasteiger partial charge in [0.1, 0.15) is 0 Å². The van der Waals surface area contributed by atoms with E-state index in [9.17, 15) is 4.79 Å². The van der Waals surface area contributed by atoms with E-state index in [4.69, 9.17) is 4.74 Å². The molecule has 0 atom stereocenters. The Morgan fingerprint density at radius 3 is 2.79 bits per heavy atom. The number of nitrogens with one attached hydrogen (secondary N) is 2. The molecule has 0 bridgehead atoms. The molecule has 0 radical (unpaired) electrons. The minimum Gasteiger partial charge on any atom is -0.383 e. The summed E-state index contributed by atoms with van der Waals surface area (Å²) in [7, 11) is 1.65. The van der Waals surface area contributed by atoms with E-state index in [2.05, 4.69) is 23.3 Å². The smallest absolute Gasteiger partial charge is 0.226 e. The number of amides is 1. The Hall–Kier alpha value is -0.520. The lowest BCUT2D eigenvalue weighted by atomic mass is 10.4. The fourth-order valence-corrected chi connectivity index (χ4v) is 0.903. The number of carbonyl (C=O) groups excluding carboxylic acids is 1. The third-order valence-corrected chi connectivity index (χ3v) is 1.92. The maximum Gasteiger partial charge on any atom is 0.226 e. The van der Waals surface area contributed by atoms with Crippen LogP contribution in [0.3, 0.4) is 0 Å². The summed E-state index contributed by atoms with van der Waals surface area (Å²) in [6.45, 7) is 3.90. The first-order chi connectivity index (χ1) is 6.70. The van der Waals surface area contributed by atoms with Gasteiger partial charge in [-0.3, -0.25) is 4.79 Å². The van der Waals surface area contributed by atoms with Crippen molar-refractivity contribution in [3.8, 4) is 0 Å². The van der Waals surface area contributed by atoms with E-state index >= 15 is 0 Å². The Labute approximate surface area is 90.5 Å². The Morgan fingerprint density at radius 2 is 2.21 bits per heavy atom. The summed E-state index contributed by atoms with van der Waals surface area (Å²) >= 11 is 4.04. The van der Waals surface area contributed by atoms with Crippen LogP contribution < -0.4 is 10.6 Å². The largest absolute Gasteiger partial charge is 0.383 e. The lowest BCUT2D eigenvalue weighted by Crippen LogP contribution is -2.27. The molecule has 0 aromatic heterocycles. The van der Waals surface area contributed by atoms with Crippen LogP contribution in [0.1, 0.15) is 13.3 Å². The fourth-order valence-electron chi connectivity index (χ4n) is 0.779. The predicted molar refractivity (Wildman–Crippen MR) is 60.2 cm³/mol. The van der Waals surface area contributed by atoms with Crippen LogP contribution in [0.4, 0.5) is 0 Å². The van der Waals surface area contributed by atoms with Gasteiger partial charge in [-0.25, -0.2) is 0 Å². The van der Waals surface area contributed by atoms with Crippen molar-refractivity contribution in [1.29, 1.82) is 0 Å². The summed E-state index contributed by atoms with van der Waals surface area (Å²) in [5, 5.41) is 6.30. The molecule has 0 saturated heterocycles. The number of thiol groups is 1. The van der Waals surface area contributed by atoms with E-state index in [1.54, 1.807) is 13.2 Å². The van der Waals surface area contributed by atoms with Crippen LogP contribution in [0.5, 0.6) is 0 Å². The lowest BCUT2D eigenvalue weighted by Gasteiger charge is -2.05. The Balaban J connectivity index is 3.36. The minimum atomic E-state index is -0.0296. The third-order valence-electron chi connectivity index (χ3n) is 1.55.